The number of hydrogen-bond donors (Lipinski definition) is 0. The number of para-hydroxylation sites is 1. The molecule has 0 unspecified atom stereocenters. The lowest BCUT2D eigenvalue weighted by atomic mass is 10.1. The lowest BCUT2D eigenvalue weighted by molar-refractivity contribution is -0.143. The van der Waals surface area contributed by atoms with Gasteiger partial charge in [-0.3, -0.25) is 9.80 Å². The average Bonchev–Trinajstić information content (AvgIpc) is 2.58. The number of halogens is 6. The molecule has 0 bridgehead atoms. The first-order chi connectivity index (χ1) is 11.9. The second-order valence-corrected chi connectivity index (χ2v) is 5.50. The van der Waals surface area contributed by atoms with Crippen molar-refractivity contribution in [2.24, 2.45) is 0 Å². The van der Waals surface area contributed by atoms with Crippen molar-refractivity contribution < 1.29 is 31.1 Å². The smallest absolute Gasteiger partial charge is 0.297 e. The van der Waals surface area contributed by atoms with Crippen LogP contribution in [-0.2, 0) is 12.4 Å². The van der Waals surface area contributed by atoms with E-state index in [1.165, 1.54) is 7.05 Å². The van der Waals surface area contributed by atoms with E-state index in [0.29, 0.717) is 17.8 Å². The number of nitrogens with zero attached hydrogens (tertiary/aromatic N) is 2. The van der Waals surface area contributed by atoms with Crippen LogP contribution in [0.25, 0.3) is 0 Å². The topological polar surface area (TPSA) is 23.6 Å². The maximum Gasteiger partial charge on any atom is 0.416 e. The van der Waals surface area contributed by atoms with Gasteiger partial charge < -0.3 is 0 Å². The molecule has 26 heavy (non-hydrogen) atoms. The van der Waals surface area contributed by atoms with Gasteiger partial charge in [0.15, 0.2) is 0 Å². The number of carbonyl (C=O) groups excluding carboxylic acids is 1. The number of amides is 2. The summed E-state index contributed by atoms with van der Waals surface area (Å²) in [6.45, 7) is 0. The summed E-state index contributed by atoms with van der Waals surface area (Å²) in [6, 6.07) is 8.40. The molecular formula is C17H14F6N2O. The molecule has 2 amide bonds. The Labute approximate surface area is 145 Å². The van der Waals surface area contributed by atoms with Crippen LogP contribution in [0.3, 0.4) is 0 Å². The average molecular weight is 376 g/mol. The molecule has 0 N–H and O–H groups in total. The summed E-state index contributed by atoms with van der Waals surface area (Å²) in [6.07, 6.45) is -9.96. The Hall–Kier alpha value is -2.71. The Kier molecular flexibility index (Phi) is 5.20. The second kappa shape index (κ2) is 6.89. The zero-order valence-electron chi connectivity index (χ0n) is 13.7. The van der Waals surface area contributed by atoms with Crippen LogP contribution >= 0.6 is 0 Å². The van der Waals surface area contributed by atoms with Gasteiger partial charge in [-0.25, -0.2) is 4.79 Å². The Bertz CT molecular complexity index is 754. The van der Waals surface area contributed by atoms with Crippen LogP contribution in [0.1, 0.15) is 11.1 Å². The van der Waals surface area contributed by atoms with E-state index < -0.39 is 35.2 Å². The summed E-state index contributed by atoms with van der Waals surface area (Å²) < 4.78 is 77.7. The summed E-state index contributed by atoms with van der Waals surface area (Å²) >= 11 is 0. The minimum absolute atomic E-state index is 0.0166. The van der Waals surface area contributed by atoms with Crippen molar-refractivity contribution in [3.63, 3.8) is 0 Å². The molecule has 0 saturated carbocycles. The molecule has 2 rings (SSSR count). The van der Waals surface area contributed by atoms with Gasteiger partial charge in [0.25, 0.3) is 0 Å². The van der Waals surface area contributed by atoms with Gasteiger partial charge in [-0.05, 0) is 30.3 Å². The highest BCUT2D eigenvalue weighted by atomic mass is 19.4. The molecule has 140 valence electrons. The van der Waals surface area contributed by atoms with Crippen LogP contribution in [0.15, 0.2) is 48.5 Å². The Balaban J connectivity index is 2.44. The van der Waals surface area contributed by atoms with Crippen molar-refractivity contribution in [1.82, 2.24) is 0 Å². The Morgan fingerprint density at radius 2 is 1.15 bits per heavy atom. The lowest BCUT2D eigenvalue weighted by Crippen LogP contribution is -2.39. The largest absolute Gasteiger partial charge is 0.416 e. The highest BCUT2D eigenvalue weighted by Crippen LogP contribution is 2.38. The quantitative estimate of drug-likeness (QED) is 0.643. The first kappa shape index (κ1) is 19.6. The van der Waals surface area contributed by atoms with Crippen LogP contribution in [0.2, 0.25) is 0 Å². The number of carbonyl (C=O) groups is 1. The molecule has 0 radical (unpaired) electrons. The summed E-state index contributed by atoms with van der Waals surface area (Å²) in [7, 11) is 2.48. The number of urea groups is 1. The second-order valence-electron chi connectivity index (χ2n) is 5.50. The van der Waals surface area contributed by atoms with Crippen molar-refractivity contribution in [2.75, 3.05) is 23.9 Å². The minimum atomic E-state index is -4.98. The molecule has 0 atom stereocenters. The van der Waals surface area contributed by atoms with E-state index in [1.807, 2.05) is 0 Å². The molecule has 0 fully saturated rings. The van der Waals surface area contributed by atoms with Crippen LogP contribution in [0.4, 0.5) is 42.5 Å². The predicted octanol–water partition coefficient (Wildman–Crippen LogP) is 5.42. The van der Waals surface area contributed by atoms with Gasteiger partial charge in [0.2, 0.25) is 0 Å². The normalized spacial score (nSPS) is 12.0. The summed E-state index contributed by atoms with van der Waals surface area (Å²) in [5, 5.41) is 0. The fourth-order valence-electron chi connectivity index (χ4n) is 2.23. The predicted molar refractivity (Wildman–Crippen MR) is 85.1 cm³/mol. The van der Waals surface area contributed by atoms with Gasteiger partial charge in [-0.15, -0.1) is 0 Å². The summed E-state index contributed by atoms with van der Waals surface area (Å²) in [4.78, 5) is 14.3. The van der Waals surface area contributed by atoms with Crippen LogP contribution in [0.5, 0.6) is 0 Å². The number of anilines is 2. The third kappa shape index (κ3) is 4.27. The molecule has 0 spiro atoms. The van der Waals surface area contributed by atoms with Gasteiger partial charge in [-0.1, -0.05) is 18.2 Å². The van der Waals surface area contributed by atoms with Crippen LogP contribution in [0, 0.1) is 0 Å². The van der Waals surface area contributed by atoms with E-state index in [2.05, 4.69) is 0 Å². The zero-order valence-corrected chi connectivity index (χ0v) is 13.7. The maximum atomic E-state index is 12.9. The summed E-state index contributed by atoms with van der Waals surface area (Å²) in [5.41, 5.74) is -3.04. The van der Waals surface area contributed by atoms with Crippen molar-refractivity contribution in [3.8, 4) is 0 Å². The molecular weight excluding hydrogens is 362 g/mol. The molecule has 0 aliphatic heterocycles. The molecule has 2 aromatic carbocycles. The number of hydrogen-bond acceptors (Lipinski definition) is 1. The van der Waals surface area contributed by atoms with E-state index in [0.717, 1.165) is 16.8 Å². The van der Waals surface area contributed by atoms with E-state index in [1.54, 1.807) is 30.3 Å². The molecule has 0 aromatic heterocycles. The van der Waals surface area contributed by atoms with Crippen LogP contribution < -0.4 is 9.80 Å². The van der Waals surface area contributed by atoms with Gasteiger partial charge in [-0.2, -0.15) is 26.3 Å². The van der Waals surface area contributed by atoms with Crippen LogP contribution in [-0.4, -0.2) is 20.1 Å². The van der Waals surface area contributed by atoms with Gasteiger partial charge in [0.1, 0.15) is 0 Å². The molecule has 9 heteroatoms. The third-order valence-electron chi connectivity index (χ3n) is 3.68. The highest BCUT2D eigenvalue weighted by Gasteiger charge is 2.37. The SMILES string of the molecule is CN(C(=O)N(C)c1cc(C(F)(F)F)cc(C(F)(F)F)c1)c1ccccc1. The molecule has 0 saturated heterocycles. The lowest BCUT2D eigenvalue weighted by Gasteiger charge is -2.26. The third-order valence-corrected chi connectivity index (χ3v) is 3.68. The van der Waals surface area contributed by atoms with Crippen molar-refractivity contribution in [1.29, 1.82) is 0 Å². The first-order valence-corrected chi connectivity index (χ1v) is 7.27. The fourth-order valence-corrected chi connectivity index (χ4v) is 2.23. The molecule has 0 heterocycles. The maximum absolute atomic E-state index is 12.9. The van der Waals surface area contributed by atoms with E-state index >= 15 is 0 Å². The van der Waals surface area contributed by atoms with E-state index in [4.69, 9.17) is 0 Å². The minimum Gasteiger partial charge on any atom is -0.297 e. The number of alkyl halides is 6. The zero-order chi connectivity index (χ0) is 19.7. The van der Waals surface area contributed by atoms with Crippen molar-refractivity contribution in [3.05, 3.63) is 59.7 Å². The van der Waals surface area contributed by atoms with Gasteiger partial charge in [0.05, 0.1) is 11.1 Å². The summed E-state index contributed by atoms with van der Waals surface area (Å²) in [5.74, 6) is 0. The van der Waals surface area contributed by atoms with Gasteiger partial charge >= 0.3 is 18.4 Å². The molecule has 2 aromatic rings. The molecule has 3 nitrogen and oxygen atoms in total. The van der Waals surface area contributed by atoms with Gasteiger partial charge in [0, 0.05) is 25.5 Å². The monoisotopic (exact) mass is 376 g/mol. The van der Waals surface area contributed by atoms with E-state index in [-0.39, 0.29) is 6.07 Å². The molecule has 0 aliphatic carbocycles. The highest BCUT2D eigenvalue weighted by molar-refractivity contribution is 6.02. The Morgan fingerprint density at radius 1 is 0.731 bits per heavy atom. The van der Waals surface area contributed by atoms with E-state index in [9.17, 15) is 31.1 Å². The molecule has 0 aliphatic rings. The number of rotatable bonds is 2. The number of benzene rings is 2. The standard InChI is InChI=1S/C17H14F6N2O/c1-24(13-6-4-3-5-7-13)15(26)25(2)14-9-11(16(18,19)20)8-12(10-14)17(21,22)23/h3-10H,1-2H3. The van der Waals surface area contributed by atoms with Crippen molar-refractivity contribution >= 4 is 17.4 Å². The Morgan fingerprint density at radius 3 is 1.58 bits per heavy atom. The first-order valence-electron chi connectivity index (χ1n) is 7.27. The fraction of sp³-hybridized carbons (Fsp3) is 0.235. The van der Waals surface area contributed by atoms with Crippen molar-refractivity contribution in [2.45, 2.75) is 12.4 Å².